The molecule has 0 saturated heterocycles. The van der Waals surface area contributed by atoms with Crippen molar-refractivity contribution in [2.75, 3.05) is 28.4 Å². The predicted molar refractivity (Wildman–Crippen MR) is 148 cm³/mol. The number of methoxy groups -OCH3 is 4. The minimum atomic E-state index is -0.665. The highest BCUT2D eigenvalue weighted by molar-refractivity contribution is 6.04. The molecule has 2 aromatic rings. The van der Waals surface area contributed by atoms with E-state index in [1.807, 2.05) is 51.1 Å². The summed E-state index contributed by atoms with van der Waals surface area (Å²) < 4.78 is 28.0. The van der Waals surface area contributed by atoms with Crippen LogP contribution in [0.25, 0.3) is 0 Å². The topological polar surface area (TPSA) is 92.3 Å². The number of nitrogens with one attached hydrogen (secondary N) is 1. The third kappa shape index (κ3) is 5.33. The molecule has 0 radical (unpaired) electrons. The Morgan fingerprint density at radius 3 is 2.33 bits per heavy atom. The number of rotatable bonds is 9. The van der Waals surface area contributed by atoms with Crippen LogP contribution in [0.4, 0.5) is 0 Å². The molecular formula is C31H37NO7. The fourth-order valence-electron chi connectivity index (χ4n) is 5.43. The van der Waals surface area contributed by atoms with E-state index in [4.69, 9.17) is 23.7 Å². The van der Waals surface area contributed by atoms with Crippen LogP contribution in [0.1, 0.15) is 63.0 Å². The number of allylic oxidation sites excluding steroid dienone is 3. The van der Waals surface area contributed by atoms with Gasteiger partial charge in [0.1, 0.15) is 0 Å². The summed E-state index contributed by atoms with van der Waals surface area (Å²) in [5, 5.41) is 3.40. The van der Waals surface area contributed by atoms with Crippen LogP contribution in [0.5, 0.6) is 23.0 Å². The summed E-state index contributed by atoms with van der Waals surface area (Å²) in [6, 6.07) is 11.3. The second-order valence-electron chi connectivity index (χ2n) is 9.84. The number of carbonyl (C=O) groups excluding carboxylic acids is 2. The van der Waals surface area contributed by atoms with Crippen LogP contribution in [0.3, 0.4) is 0 Å². The number of esters is 1. The molecule has 4 rings (SSSR count). The second kappa shape index (κ2) is 11.8. The van der Waals surface area contributed by atoms with E-state index in [2.05, 4.69) is 5.32 Å². The molecule has 8 nitrogen and oxygen atoms in total. The third-order valence-corrected chi connectivity index (χ3v) is 7.55. The van der Waals surface area contributed by atoms with Gasteiger partial charge in [0.2, 0.25) is 0 Å². The van der Waals surface area contributed by atoms with Crippen molar-refractivity contribution in [3.8, 4) is 23.0 Å². The molecule has 2 aliphatic rings. The Labute approximate surface area is 229 Å². The Bertz CT molecular complexity index is 1330. The zero-order chi connectivity index (χ0) is 28.3. The number of ether oxygens (including phenoxy) is 5. The quantitative estimate of drug-likeness (QED) is 0.426. The van der Waals surface area contributed by atoms with E-state index in [-0.39, 0.29) is 24.2 Å². The summed E-state index contributed by atoms with van der Waals surface area (Å²) in [5.41, 5.74) is 4.06. The summed E-state index contributed by atoms with van der Waals surface area (Å²) in [7, 11) is 6.31. The molecule has 8 heteroatoms. The first-order chi connectivity index (χ1) is 18.8. The van der Waals surface area contributed by atoms with Crippen LogP contribution in [-0.2, 0) is 14.3 Å². The number of ketones is 1. The largest absolute Gasteiger partial charge is 0.493 e. The van der Waals surface area contributed by atoms with Gasteiger partial charge in [-0.1, -0.05) is 25.1 Å². The number of hydrogen-bond acceptors (Lipinski definition) is 8. The van der Waals surface area contributed by atoms with Crippen molar-refractivity contribution in [1.82, 2.24) is 5.32 Å². The minimum Gasteiger partial charge on any atom is -0.493 e. The maximum absolute atomic E-state index is 14.0. The Kier molecular flexibility index (Phi) is 8.53. The van der Waals surface area contributed by atoms with Crippen molar-refractivity contribution in [2.24, 2.45) is 0 Å². The first-order valence-corrected chi connectivity index (χ1v) is 13.2. The van der Waals surface area contributed by atoms with Gasteiger partial charge in [0.25, 0.3) is 0 Å². The molecule has 1 heterocycles. The number of dihydropyridines is 1. The average molecular weight is 536 g/mol. The average Bonchev–Trinajstić information content (AvgIpc) is 2.94. The van der Waals surface area contributed by atoms with Gasteiger partial charge >= 0.3 is 5.97 Å². The van der Waals surface area contributed by atoms with Gasteiger partial charge < -0.3 is 29.0 Å². The summed E-state index contributed by atoms with van der Waals surface area (Å²) in [6.07, 6.45) is 1.28. The van der Waals surface area contributed by atoms with Gasteiger partial charge in [0.05, 0.1) is 46.0 Å². The third-order valence-electron chi connectivity index (χ3n) is 7.55. The molecule has 0 spiro atoms. The zero-order valence-corrected chi connectivity index (χ0v) is 23.7. The lowest BCUT2D eigenvalue weighted by Crippen LogP contribution is -2.36. The van der Waals surface area contributed by atoms with Gasteiger partial charge in [-0.3, -0.25) is 4.79 Å². The highest BCUT2D eigenvalue weighted by Gasteiger charge is 2.43. The molecule has 0 amide bonds. The van der Waals surface area contributed by atoms with E-state index in [0.717, 1.165) is 11.3 Å². The van der Waals surface area contributed by atoms with Gasteiger partial charge in [0, 0.05) is 29.0 Å². The first kappa shape index (κ1) is 28.1. The minimum absolute atomic E-state index is 0.0419. The monoisotopic (exact) mass is 535 g/mol. The zero-order valence-electron chi connectivity index (χ0n) is 23.7. The van der Waals surface area contributed by atoms with E-state index in [1.165, 1.54) is 0 Å². The van der Waals surface area contributed by atoms with Crippen molar-refractivity contribution in [1.29, 1.82) is 0 Å². The maximum atomic E-state index is 14.0. The van der Waals surface area contributed by atoms with Crippen molar-refractivity contribution in [3.63, 3.8) is 0 Å². The smallest absolute Gasteiger partial charge is 0.337 e. The molecular weight excluding hydrogens is 498 g/mol. The van der Waals surface area contributed by atoms with E-state index in [0.29, 0.717) is 58.2 Å². The molecule has 208 valence electrons. The molecule has 39 heavy (non-hydrogen) atoms. The first-order valence-electron chi connectivity index (χ1n) is 13.2. The molecule has 1 aliphatic carbocycles. The summed E-state index contributed by atoms with van der Waals surface area (Å²) >= 11 is 0. The number of Topliss-reactive ketones (excluding diaryl/α,β-unsaturated/α-hetero) is 1. The van der Waals surface area contributed by atoms with Crippen molar-refractivity contribution in [2.45, 2.75) is 58.0 Å². The molecule has 0 fully saturated rings. The Morgan fingerprint density at radius 2 is 1.69 bits per heavy atom. The van der Waals surface area contributed by atoms with Crippen LogP contribution in [0.2, 0.25) is 0 Å². The van der Waals surface area contributed by atoms with Crippen molar-refractivity contribution < 1.29 is 33.3 Å². The van der Waals surface area contributed by atoms with Crippen LogP contribution in [0.15, 0.2) is 58.9 Å². The molecule has 0 bridgehead atoms. The van der Waals surface area contributed by atoms with Gasteiger partial charge in [-0.25, -0.2) is 4.79 Å². The molecule has 1 N–H and O–H groups in total. The number of benzene rings is 2. The lowest BCUT2D eigenvalue weighted by atomic mass is 9.71. The standard InChI is InChI=1S/C31H37NO7/c1-8-17(2)39-31(34)27-18(3)32-22-14-20(19-12-13-24(35-4)26(16-19)37-6)15-23(33)29(22)28(27)21-10-9-11-25(36-5)30(21)38-7/h9-13,16-17,20,28,32H,8,14-15H2,1-7H3/t17-,20+,28+/m1/s1. The molecule has 1 aliphatic heterocycles. The van der Waals surface area contributed by atoms with Crippen molar-refractivity contribution in [3.05, 3.63) is 70.1 Å². The fraction of sp³-hybridized carbons (Fsp3) is 0.419. The summed E-state index contributed by atoms with van der Waals surface area (Å²) in [4.78, 5) is 27.5. The highest BCUT2D eigenvalue weighted by atomic mass is 16.5. The maximum Gasteiger partial charge on any atom is 0.337 e. The lowest BCUT2D eigenvalue weighted by Gasteiger charge is -2.37. The molecule has 3 atom stereocenters. The number of hydrogen-bond donors (Lipinski definition) is 1. The molecule has 0 aromatic heterocycles. The lowest BCUT2D eigenvalue weighted by molar-refractivity contribution is -0.144. The van der Waals surface area contributed by atoms with E-state index in [9.17, 15) is 9.59 Å². The van der Waals surface area contributed by atoms with E-state index < -0.39 is 11.9 Å². The van der Waals surface area contributed by atoms with Crippen LogP contribution in [0, 0.1) is 0 Å². The van der Waals surface area contributed by atoms with Gasteiger partial charge in [-0.05, 0) is 56.4 Å². The highest BCUT2D eigenvalue weighted by Crippen LogP contribution is 2.49. The SMILES string of the molecule is CC[C@@H](C)OC(=O)C1=C(C)NC2=C(C(=O)C[C@@H](c3ccc(OC)c(OC)c3)C2)[C@H]1c1cccc(OC)c1OC. The fourth-order valence-corrected chi connectivity index (χ4v) is 5.43. The number of para-hydroxylation sites is 1. The van der Waals surface area contributed by atoms with E-state index >= 15 is 0 Å². The summed E-state index contributed by atoms with van der Waals surface area (Å²) in [6.45, 7) is 5.66. The van der Waals surface area contributed by atoms with Crippen LogP contribution < -0.4 is 24.3 Å². The summed E-state index contributed by atoms with van der Waals surface area (Å²) in [5.74, 6) is 1.02. The predicted octanol–water partition coefficient (Wildman–Crippen LogP) is 5.42. The molecule has 0 saturated carbocycles. The van der Waals surface area contributed by atoms with Gasteiger partial charge in [-0.2, -0.15) is 0 Å². The Balaban J connectivity index is 1.84. The van der Waals surface area contributed by atoms with Gasteiger partial charge in [0.15, 0.2) is 28.8 Å². The molecule has 0 unspecified atom stereocenters. The van der Waals surface area contributed by atoms with E-state index in [1.54, 1.807) is 34.5 Å². The second-order valence-corrected chi connectivity index (χ2v) is 9.84. The van der Waals surface area contributed by atoms with Crippen LogP contribution >= 0.6 is 0 Å². The van der Waals surface area contributed by atoms with Crippen molar-refractivity contribution >= 4 is 11.8 Å². The Hall–Kier alpha value is -3.94. The Morgan fingerprint density at radius 1 is 0.974 bits per heavy atom. The van der Waals surface area contributed by atoms with Crippen LogP contribution in [-0.4, -0.2) is 46.3 Å². The molecule has 2 aromatic carbocycles. The number of carbonyl (C=O) groups is 2. The normalized spacial score (nSPS) is 19.6. The van der Waals surface area contributed by atoms with Gasteiger partial charge in [-0.15, -0.1) is 0 Å².